The van der Waals surface area contributed by atoms with Crippen molar-refractivity contribution in [1.82, 2.24) is 10.2 Å². The van der Waals surface area contributed by atoms with Crippen LogP contribution in [0.1, 0.15) is 32.6 Å². The zero-order valence-corrected chi connectivity index (χ0v) is 11.2. The Labute approximate surface area is 104 Å². The van der Waals surface area contributed by atoms with Crippen LogP contribution in [0.2, 0.25) is 0 Å². The second-order valence-corrected chi connectivity index (χ2v) is 6.95. The molecule has 17 heavy (non-hydrogen) atoms. The van der Waals surface area contributed by atoms with Crippen molar-refractivity contribution in [1.29, 1.82) is 0 Å². The minimum Gasteiger partial charge on any atom is -0.314 e. The molecule has 0 aliphatic carbocycles. The van der Waals surface area contributed by atoms with Crippen LogP contribution in [-0.4, -0.2) is 50.3 Å². The van der Waals surface area contributed by atoms with Crippen molar-refractivity contribution in [2.75, 3.05) is 18.8 Å². The maximum Gasteiger partial charge on any atom is 0.210 e. The fourth-order valence-corrected chi connectivity index (χ4v) is 3.79. The average molecular weight is 261 g/mol. The average Bonchev–Trinajstić information content (AvgIpc) is 2.45. The van der Waals surface area contributed by atoms with Crippen molar-refractivity contribution < 1.29 is 8.42 Å². The molecule has 2 bridgehead atoms. The maximum absolute atomic E-state index is 11.0. The van der Waals surface area contributed by atoms with E-state index in [4.69, 9.17) is 5.14 Å². The molecule has 2 saturated heterocycles. The quantitative estimate of drug-likeness (QED) is 0.723. The molecule has 2 fully saturated rings. The first-order valence-corrected chi connectivity index (χ1v) is 8.20. The summed E-state index contributed by atoms with van der Waals surface area (Å²) in [5, 5.41) is 8.58. The number of hydrogen-bond acceptors (Lipinski definition) is 4. The first-order valence-electron chi connectivity index (χ1n) is 6.49. The van der Waals surface area contributed by atoms with Crippen molar-refractivity contribution in [2.24, 2.45) is 5.14 Å². The Balaban J connectivity index is 1.90. The van der Waals surface area contributed by atoms with E-state index in [1.807, 2.05) is 0 Å². The van der Waals surface area contributed by atoms with E-state index in [0.717, 1.165) is 19.4 Å². The first kappa shape index (κ1) is 13.3. The Morgan fingerprint density at radius 3 is 2.35 bits per heavy atom. The molecule has 3 N–H and O–H groups in total. The summed E-state index contributed by atoms with van der Waals surface area (Å²) in [7, 11) is -3.32. The van der Waals surface area contributed by atoms with Gasteiger partial charge in [0.25, 0.3) is 0 Å². The van der Waals surface area contributed by atoms with Crippen molar-refractivity contribution in [2.45, 2.75) is 50.7 Å². The molecular formula is C11H23N3O2S. The molecule has 2 aliphatic rings. The van der Waals surface area contributed by atoms with Crippen LogP contribution in [0.3, 0.4) is 0 Å². The Hall–Kier alpha value is -0.170. The molecular weight excluding hydrogens is 238 g/mol. The summed E-state index contributed by atoms with van der Waals surface area (Å²) in [6.07, 6.45) is 4.71. The van der Waals surface area contributed by atoms with Crippen LogP contribution >= 0.6 is 0 Å². The van der Waals surface area contributed by atoms with Crippen LogP contribution in [0.4, 0.5) is 0 Å². The van der Waals surface area contributed by atoms with Gasteiger partial charge in [-0.3, -0.25) is 4.90 Å². The molecule has 0 aromatic rings. The summed E-state index contributed by atoms with van der Waals surface area (Å²) >= 11 is 0. The predicted molar refractivity (Wildman–Crippen MR) is 68.2 cm³/mol. The molecule has 0 aromatic heterocycles. The Kier molecular flexibility index (Phi) is 4.07. The lowest BCUT2D eigenvalue weighted by Gasteiger charge is -2.39. The van der Waals surface area contributed by atoms with Gasteiger partial charge in [-0.25, -0.2) is 13.6 Å². The monoisotopic (exact) mass is 261 g/mol. The van der Waals surface area contributed by atoms with Crippen LogP contribution in [0, 0.1) is 0 Å². The highest BCUT2D eigenvalue weighted by Gasteiger charge is 2.40. The van der Waals surface area contributed by atoms with Crippen LogP contribution in [0.15, 0.2) is 0 Å². The lowest BCUT2D eigenvalue weighted by Crippen LogP contribution is -2.50. The van der Waals surface area contributed by atoms with Gasteiger partial charge in [0.2, 0.25) is 10.0 Å². The van der Waals surface area contributed by atoms with Crippen molar-refractivity contribution in [3.05, 3.63) is 0 Å². The van der Waals surface area contributed by atoms with Gasteiger partial charge in [-0.05, 0) is 32.2 Å². The van der Waals surface area contributed by atoms with Gasteiger partial charge in [0.1, 0.15) is 0 Å². The van der Waals surface area contributed by atoms with Gasteiger partial charge >= 0.3 is 0 Å². The molecule has 0 radical (unpaired) electrons. The third kappa shape index (κ3) is 3.40. The molecule has 2 atom stereocenters. The highest BCUT2D eigenvalue weighted by molar-refractivity contribution is 7.89. The third-order valence-electron chi connectivity index (χ3n) is 4.01. The van der Waals surface area contributed by atoms with Gasteiger partial charge in [0.05, 0.1) is 5.75 Å². The number of nitrogens with two attached hydrogens (primary N) is 1. The van der Waals surface area contributed by atoms with Gasteiger partial charge < -0.3 is 5.32 Å². The molecule has 6 heteroatoms. The zero-order valence-electron chi connectivity index (χ0n) is 10.4. The lowest BCUT2D eigenvalue weighted by molar-refractivity contribution is 0.125. The first-order chi connectivity index (χ1) is 7.99. The van der Waals surface area contributed by atoms with Crippen LogP contribution in [-0.2, 0) is 10.0 Å². The van der Waals surface area contributed by atoms with Crippen molar-refractivity contribution >= 4 is 10.0 Å². The van der Waals surface area contributed by atoms with E-state index in [2.05, 4.69) is 17.1 Å². The van der Waals surface area contributed by atoms with Gasteiger partial charge in [-0.2, -0.15) is 0 Å². The van der Waals surface area contributed by atoms with E-state index in [1.54, 1.807) is 0 Å². The normalized spacial score (nSPS) is 34.1. The summed E-state index contributed by atoms with van der Waals surface area (Å²) < 4.78 is 22.0. The number of nitrogens with one attached hydrogen (secondary N) is 1. The Morgan fingerprint density at radius 1 is 1.29 bits per heavy atom. The number of piperidine rings is 1. The van der Waals surface area contributed by atoms with E-state index >= 15 is 0 Å². The molecule has 2 rings (SSSR count). The van der Waals surface area contributed by atoms with Gasteiger partial charge in [-0.15, -0.1) is 0 Å². The summed E-state index contributed by atoms with van der Waals surface area (Å²) in [5.74, 6) is 0.0892. The number of sulfonamides is 1. The number of fused-ring (bicyclic) bond motifs is 2. The van der Waals surface area contributed by atoms with Gasteiger partial charge in [-0.1, -0.05) is 6.92 Å². The summed E-state index contributed by atoms with van der Waals surface area (Å²) in [6.45, 7) is 3.75. The topological polar surface area (TPSA) is 75.4 Å². The number of rotatable bonds is 5. The molecule has 0 spiro atoms. The minimum atomic E-state index is -3.32. The smallest absolute Gasteiger partial charge is 0.210 e. The lowest BCUT2D eigenvalue weighted by atomic mass is 9.97. The molecule has 0 aromatic carbocycles. The molecule has 2 aliphatic heterocycles. The second kappa shape index (κ2) is 5.22. The van der Waals surface area contributed by atoms with Crippen LogP contribution < -0.4 is 10.5 Å². The zero-order chi connectivity index (χ0) is 12.5. The van der Waals surface area contributed by atoms with E-state index in [1.165, 1.54) is 12.8 Å². The van der Waals surface area contributed by atoms with E-state index in [0.29, 0.717) is 24.7 Å². The van der Waals surface area contributed by atoms with Crippen LogP contribution in [0.5, 0.6) is 0 Å². The predicted octanol–water partition coefficient (Wildman–Crippen LogP) is -0.120. The molecule has 5 nitrogen and oxygen atoms in total. The van der Waals surface area contributed by atoms with E-state index in [9.17, 15) is 8.42 Å². The SMILES string of the molecule is CCNC1CC2CCC(C1)N2CCS(N)(=O)=O. The standard InChI is InChI=1S/C11H23N3O2S/c1-2-13-9-7-10-3-4-11(8-9)14(10)5-6-17(12,15)16/h9-11,13H,2-8H2,1H3,(H2,12,15,16). The number of nitrogens with zero attached hydrogens (tertiary/aromatic N) is 1. The highest BCUT2D eigenvalue weighted by atomic mass is 32.2. The number of primary sulfonamides is 1. The molecule has 2 unspecified atom stereocenters. The molecule has 0 saturated carbocycles. The third-order valence-corrected chi connectivity index (χ3v) is 4.76. The minimum absolute atomic E-state index is 0.0892. The van der Waals surface area contributed by atoms with Gasteiger partial charge in [0, 0.05) is 24.7 Å². The second-order valence-electron chi connectivity index (χ2n) is 5.22. The fraction of sp³-hybridized carbons (Fsp3) is 1.00. The summed E-state index contributed by atoms with van der Waals surface area (Å²) in [5.41, 5.74) is 0. The number of hydrogen-bond donors (Lipinski definition) is 2. The van der Waals surface area contributed by atoms with Gasteiger partial charge in [0.15, 0.2) is 0 Å². The summed E-state index contributed by atoms with van der Waals surface area (Å²) in [6, 6.07) is 1.72. The summed E-state index contributed by atoms with van der Waals surface area (Å²) in [4.78, 5) is 2.36. The Bertz CT molecular complexity index is 344. The Morgan fingerprint density at radius 2 is 1.88 bits per heavy atom. The largest absolute Gasteiger partial charge is 0.314 e. The van der Waals surface area contributed by atoms with Crippen molar-refractivity contribution in [3.8, 4) is 0 Å². The fourth-order valence-electron chi connectivity index (χ4n) is 3.33. The maximum atomic E-state index is 11.0. The molecule has 0 amide bonds. The molecule has 100 valence electrons. The van der Waals surface area contributed by atoms with Crippen molar-refractivity contribution in [3.63, 3.8) is 0 Å². The van der Waals surface area contributed by atoms with E-state index in [-0.39, 0.29) is 5.75 Å². The van der Waals surface area contributed by atoms with E-state index < -0.39 is 10.0 Å². The molecule has 2 heterocycles. The van der Waals surface area contributed by atoms with Crippen LogP contribution in [0.25, 0.3) is 0 Å². The highest BCUT2D eigenvalue weighted by Crippen LogP contribution is 2.35.